The summed E-state index contributed by atoms with van der Waals surface area (Å²) in [7, 11) is 0. The summed E-state index contributed by atoms with van der Waals surface area (Å²) in [5, 5.41) is 7.12. The lowest BCUT2D eigenvalue weighted by Gasteiger charge is -2.20. The molecule has 2 aromatic carbocycles. The first kappa shape index (κ1) is 21.2. The van der Waals surface area contributed by atoms with Crippen LogP contribution >= 0.6 is 0 Å². The van der Waals surface area contributed by atoms with Crippen LogP contribution in [-0.4, -0.2) is 27.6 Å². The molecule has 0 aliphatic heterocycles. The number of aromatic nitrogens is 3. The zero-order chi connectivity index (χ0) is 22.2. The number of carbonyl (C=O) groups is 1. The molecule has 1 amide bonds. The van der Waals surface area contributed by atoms with E-state index in [1.54, 1.807) is 12.4 Å². The Morgan fingerprint density at radius 2 is 1.72 bits per heavy atom. The van der Waals surface area contributed by atoms with Crippen molar-refractivity contribution in [2.75, 3.05) is 6.61 Å². The molecule has 0 saturated carbocycles. The van der Waals surface area contributed by atoms with Crippen molar-refractivity contribution in [3.63, 3.8) is 0 Å². The molecule has 162 valence electrons. The van der Waals surface area contributed by atoms with Crippen LogP contribution in [0.2, 0.25) is 0 Å². The van der Waals surface area contributed by atoms with Crippen molar-refractivity contribution >= 4 is 5.91 Å². The molecule has 0 aliphatic rings. The highest BCUT2D eigenvalue weighted by Crippen LogP contribution is 2.24. The molecule has 32 heavy (non-hydrogen) atoms. The van der Waals surface area contributed by atoms with Crippen molar-refractivity contribution in [3.05, 3.63) is 96.1 Å². The van der Waals surface area contributed by atoms with Crippen LogP contribution in [0.15, 0.2) is 83.6 Å². The number of aryl methyl sites for hydroxylation is 1. The number of rotatable bonds is 9. The van der Waals surface area contributed by atoms with E-state index in [0.717, 1.165) is 22.4 Å². The van der Waals surface area contributed by atoms with Crippen LogP contribution in [0.3, 0.4) is 0 Å². The normalized spacial score (nSPS) is 11.7. The summed E-state index contributed by atoms with van der Waals surface area (Å²) in [6.07, 6.45) is 3.93. The fraction of sp³-hybridized carbons (Fsp3) is 0.200. The number of nitrogens with one attached hydrogen (secondary N) is 1. The third kappa shape index (κ3) is 5.37. The highest BCUT2D eigenvalue weighted by atomic mass is 16.5. The van der Waals surface area contributed by atoms with Gasteiger partial charge in [0.25, 0.3) is 0 Å². The van der Waals surface area contributed by atoms with Gasteiger partial charge in [-0.05, 0) is 42.3 Å². The van der Waals surface area contributed by atoms with Gasteiger partial charge in [0.1, 0.15) is 5.75 Å². The molecule has 1 atom stereocenters. The van der Waals surface area contributed by atoms with Gasteiger partial charge in [0.2, 0.25) is 17.6 Å². The molecule has 7 heteroatoms. The smallest absolute Gasteiger partial charge is 0.227 e. The van der Waals surface area contributed by atoms with Gasteiger partial charge in [-0.25, -0.2) is 0 Å². The van der Waals surface area contributed by atoms with Gasteiger partial charge in [-0.15, -0.1) is 0 Å². The standard InChI is InChI=1S/C25H24N4O3/c1-2-31-21-10-8-19(9-11-21)24(18-6-4-3-5-7-18)27-22(30)12-13-23-28-25(29-32-23)20-14-16-26-17-15-20/h3-11,14-17,24H,2,12-13H2,1H3,(H,27,30)/t24-/m1/s1. The molecule has 4 rings (SSSR count). The summed E-state index contributed by atoms with van der Waals surface area (Å²) in [4.78, 5) is 21.1. The van der Waals surface area contributed by atoms with Gasteiger partial charge in [0.05, 0.1) is 12.6 Å². The number of benzene rings is 2. The first-order chi connectivity index (χ1) is 15.7. The number of hydrogen-bond donors (Lipinski definition) is 1. The summed E-state index contributed by atoms with van der Waals surface area (Å²) in [6.45, 7) is 2.56. The van der Waals surface area contributed by atoms with Crippen LogP contribution in [0.1, 0.15) is 36.4 Å². The molecular formula is C25H24N4O3. The van der Waals surface area contributed by atoms with E-state index >= 15 is 0 Å². The summed E-state index contributed by atoms with van der Waals surface area (Å²) >= 11 is 0. The molecule has 0 saturated heterocycles. The van der Waals surface area contributed by atoms with E-state index in [1.807, 2.05) is 73.7 Å². The minimum atomic E-state index is -0.269. The number of nitrogens with zero attached hydrogens (tertiary/aromatic N) is 3. The van der Waals surface area contributed by atoms with Crippen molar-refractivity contribution in [2.45, 2.75) is 25.8 Å². The second-order valence-electron chi connectivity index (χ2n) is 7.16. The molecule has 2 heterocycles. The molecule has 2 aromatic heterocycles. The fourth-order valence-electron chi connectivity index (χ4n) is 3.36. The summed E-state index contributed by atoms with van der Waals surface area (Å²) in [5.74, 6) is 1.61. The van der Waals surface area contributed by atoms with E-state index < -0.39 is 0 Å². The zero-order valence-electron chi connectivity index (χ0n) is 17.8. The van der Waals surface area contributed by atoms with Crippen LogP contribution in [0, 0.1) is 0 Å². The van der Waals surface area contributed by atoms with Gasteiger partial charge in [0.15, 0.2) is 0 Å². The van der Waals surface area contributed by atoms with E-state index in [9.17, 15) is 4.79 Å². The Hall–Kier alpha value is -4.00. The molecule has 4 aromatic rings. The Bertz CT molecular complexity index is 1130. The average Bonchev–Trinajstić information content (AvgIpc) is 3.32. The Balaban J connectivity index is 1.43. The Morgan fingerprint density at radius 3 is 2.44 bits per heavy atom. The van der Waals surface area contributed by atoms with Crippen molar-refractivity contribution in [3.8, 4) is 17.1 Å². The number of hydrogen-bond acceptors (Lipinski definition) is 6. The Labute approximate surface area is 186 Å². The maximum absolute atomic E-state index is 12.8. The quantitative estimate of drug-likeness (QED) is 0.426. The molecular weight excluding hydrogens is 404 g/mol. The minimum absolute atomic E-state index is 0.101. The first-order valence-corrected chi connectivity index (χ1v) is 10.5. The minimum Gasteiger partial charge on any atom is -0.494 e. The summed E-state index contributed by atoms with van der Waals surface area (Å²) < 4.78 is 10.8. The Kier molecular flexibility index (Phi) is 6.87. The molecule has 0 unspecified atom stereocenters. The Morgan fingerprint density at radius 1 is 1.00 bits per heavy atom. The highest BCUT2D eigenvalue weighted by Gasteiger charge is 2.18. The number of ether oxygens (including phenoxy) is 1. The van der Waals surface area contributed by atoms with Crippen LogP contribution < -0.4 is 10.1 Å². The van der Waals surface area contributed by atoms with E-state index in [1.165, 1.54) is 0 Å². The largest absolute Gasteiger partial charge is 0.494 e. The highest BCUT2D eigenvalue weighted by molar-refractivity contribution is 5.77. The maximum Gasteiger partial charge on any atom is 0.227 e. The molecule has 0 radical (unpaired) electrons. The van der Waals surface area contributed by atoms with Gasteiger partial charge >= 0.3 is 0 Å². The molecule has 1 N–H and O–H groups in total. The average molecular weight is 428 g/mol. The number of pyridine rings is 1. The number of amides is 1. The number of carbonyl (C=O) groups excluding carboxylic acids is 1. The third-order valence-corrected chi connectivity index (χ3v) is 4.94. The van der Waals surface area contributed by atoms with Crippen LogP contribution in [0.5, 0.6) is 5.75 Å². The summed E-state index contributed by atoms with van der Waals surface area (Å²) in [5.41, 5.74) is 2.80. The molecule has 0 spiro atoms. The summed E-state index contributed by atoms with van der Waals surface area (Å²) in [6, 6.07) is 21.0. The lowest BCUT2D eigenvalue weighted by Crippen LogP contribution is -2.29. The SMILES string of the molecule is CCOc1ccc([C@H](NC(=O)CCc2nc(-c3ccncc3)no2)c2ccccc2)cc1. The second kappa shape index (κ2) is 10.3. The predicted molar refractivity (Wildman–Crippen MR) is 120 cm³/mol. The van der Waals surface area contributed by atoms with Crippen molar-refractivity contribution in [1.29, 1.82) is 0 Å². The lowest BCUT2D eigenvalue weighted by molar-refractivity contribution is -0.121. The molecule has 0 bridgehead atoms. The second-order valence-corrected chi connectivity index (χ2v) is 7.16. The lowest BCUT2D eigenvalue weighted by atomic mass is 9.98. The van der Waals surface area contributed by atoms with Crippen molar-refractivity contribution < 1.29 is 14.1 Å². The molecule has 0 aliphatic carbocycles. The van der Waals surface area contributed by atoms with E-state index in [0.29, 0.717) is 24.7 Å². The first-order valence-electron chi connectivity index (χ1n) is 10.5. The maximum atomic E-state index is 12.8. The van der Waals surface area contributed by atoms with E-state index in [2.05, 4.69) is 20.4 Å². The topological polar surface area (TPSA) is 90.1 Å². The monoisotopic (exact) mass is 428 g/mol. The van der Waals surface area contributed by atoms with Crippen molar-refractivity contribution in [2.24, 2.45) is 0 Å². The van der Waals surface area contributed by atoms with Crippen molar-refractivity contribution in [1.82, 2.24) is 20.4 Å². The van der Waals surface area contributed by atoms with Gasteiger partial charge in [-0.1, -0.05) is 47.6 Å². The van der Waals surface area contributed by atoms with Gasteiger partial charge in [-0.2, -0.15) is 4.98 Å². The zero-order valence-corrected chi connectivity index (χ0v) is 17.8. The van der Waals surface area contributed by atoms with Crippen LogP contribution in [-0.2, 0) is 11.2 Å². The van der Waals surface area contributed by atoms with E-state index in [4.69, 9.17) is 9.26 Å². The van der Waals surface area contributed by atoms with Crippen LogP contribution in [0.4, 0.5) is 0 Å². The van der Waals surface area contributed by atoms with Gasteiger partial charge < -0.3 is 14.6 Å². The predicted octanol–water partition coefficient (Wildman–Crippen LogP) is 4.37. The third-order valence-electron chi connectivity index (χ3n) is 4.94. The molecule has 0 fully saturated rings. The van der Waals surface area contributed by atoms with Gasteiger partial charge in [0, 0.05) is 30.8 Å². The van der Waals surface area contributed by atoms with Crippen LogP contribution in [0.25, 0.3) is 11.4 Å². The van der Waals surface area contributed by atoms with E-state index in [-0.39, 0.29) is 18.4 Å². The fourth-order valence-corrected chi connectivity index (χ4v) is 3.36. The molecule has 7 nitrogen and oxygen atoms in total. The van der Waals surface area contributed by atoms with Gasteiger partial charge in [-0.3, -0.25) is 9.78 Å².